The van der Waals surface area contributed by atoms with E-state index in [4.69, 9.17) is 5.73 Å². The van der Waals surface area contributed by atoms with Gasteiger partial charge < -0.3 is 5.73 Å². The van der Waals surface area contributed by atoms with Crippen molar-refractivity contribution >= 4 is 23.1 Å². The van der Waals surface area contributed by atoms with Gasteiger partial charge in [0.25, 0.3) is 0 Å². The fourth-order valence-corrected chi connectivity index (χ4v) is 3.70. The highest BCUT2D eigenvalue weighted by Gasteiger charge is 2.34. The van der Waals surface area contributed by atoms with Crippen molar-refractivity contribution in [3.05, 3.63) is 34.3 Å². The quantitative estimate of drug-likeness (QED) is 0.922. The minimum absolute atomic E-state index is 0.132. The van der Waals surface area contributed by atoms with E-state index in [1.165, 1.54) is 23.5 Å². The van der Waals surface area contributed by atoms with Gasteiger partial charge in [0.05, 0.1) is 5.56 Å². The maximum Gasteiger partial charge on any atom is 0.417 e. The molecule has 0 spiro atoms. The van der Waals surface area contributed by atoms with Crippen molar-refractivity contribution in [3.63, 3.8) is 0 Å². The molecule has 2 rings (SSSR count). The first-order valence-electron chi connectivity index (χ1n) is 6.19. The molecule has 1 heterocycles. The van der Waals surface area contributed by atoms with Crippen LogP contribution in [0.3, 0.4) is 0 Å². The lowest BCUT2D eigenvalue weighted by Gasteiger charge is -2.14. The minimum atomic E-state index is -4.41. The van der Waals surface area contributed by atoms with Crippen LogP contribution in [0.25, 0.3) is 0 Å². The number of halogens is 3. The third kappa shape index (κ3) is 4.42. The Labute approximate surface area is 128 Å². The first kappa shape index (κ1) is 16.3. The second kappa shape index (κ2) is 6.33. The summed E-state index contributed by atoms with van der Waals surface area (Å²) >= 11 is 2.25. The molecule has 0 aliphatic carbocycles. The second-order valence-corrected chi connectivity index (χ2v) is 7.17. The number of alkyl halides is 3. The zero-order valence-electron chi connectivity index (χ0n) is 11.4. The first-order chi connectivity index (χ1) is 9.75. The number of aromatic nitrogens is 2. The number of hydrogen-bond acceptors (Lipinski definition) is 5. The smallest absolute Gasteiger partial charge is 0.328 e. The van der Waals surface area contributed by atoms with Gasteiger partial charge in [-0.15, -0.1) is 10.2 Å². The Balaban J connectivity index is 2.35. The summed E-state index contributed by atoms with van der Waals surface area (Å²) in [6.45, 7) is 3.53. The van der Waals surface area contributed by atoms with Gasteiger partial charge in [0.2, 0.25) is 0 Å². The SMILES string of the molecule is Cc1nnc(Sc2ccc(CC(C)N)cc2C(F)(F)F)s1. The maximum atomic E-state index is 13.2. The molecule has 21 heavy (non-hydrogen) atoms. The van der Waals surface area contributed by atoms with E-state index < -0.39 is 11.7 Å². The van der Waals surface area contributed by atoms with Crippen LogP contribution in [0.2, 0.25) is 0 Å². The molecule has 1 atom stereocenters. The summed E-state index contributed by atoms with van der Waals surface area (Å²) in [5.41, 5.74) is 5.57. The minimum Gasteiger partial charge on any atom is -0.328 e. The standard InChI is InChI=1S/C13H14F3N3S2/c1-7(17)5-9-3-4-11(10(6-9)13(14,15)16)21-12-19-18-8(2)20-12/h3-4,6-7H,5,17H2,1-2H3. The van der Waals surface area contributed by atoms with Gasteiger partial charge in [-0.05, 0) is 38.0 Å². The highest BCUT2D eigenvalue weighted by atomic mass is 32.2. The van der Waals surface area contributed by atoms with Gasteiger partial charge in [0, 0.05) is 10.9 Å². The molecule has 0 radical (unpaired) electrons. The van der Waals surface area contributed by atoms with Crippen LogP contribution < -0.4 is 5.73 Å². The lowest BCUT2D eigenvalue weighted by Crippen LogP contribution is -2.18. The molecule has 0 aliphatic heterocycles. The Morgan fingerprint density at radius 1 is 1.33 bits per heavy atom. The molecule has 0 aliphatic rings. The van der Waals surface area contributed by atoms with Gasteiger partial charge in [-0.1, -0.05) is 29.2 Å². The molecule has 1 aromatic heterocycles. The van der Waals surface area contributed by atoms with Crippen molar-refractivity contribution in [3.8, 4) is 0 Å². The van der Waals surface area contributed by atoms with E-state index in [1.807, 2.05) is 0 Å². The van der Waals surface area contributed by atoms with Crippen molar-refractivity contribution in [1.29, 1.82) is 0 Å². The van der Waals surface area contributed by atoms with E-state index in [0.717, 1.165) is 16.8 Å². The second-order valence-electron chi connectivity index (χ2n) is 4.70. The van der Waals surface area contributed by atoms with E-state index in [0.29, 0.717) is 16.3 Å². The highest BCUT2D eigenvalue weighted by molar-refractivity contribution is 8.01. The van der Waals surface area contributed by atoms with E-state index in [1.54, 1.807) is 19.9 Å². The van der Waals surface area contributed by atoms with E-state index in [-0.39, 0.29) is 10.9 Å². The highest BCUT2D eigenvalue weighted by Crippen LogP contribution is 2.40. The topological polar surface area (TPSA) is 51.8 Å². The summed E-state index contributed by atoms with van der Waals surface area (Å²) in [6.07, 6.45) is -4.00. The van der Waals surface area contributed by atoms with Crippen LogP contribution in [-0.4, -0.2) is 16.2 Å². The molecule has 1 aromatic carbocycles. The lowest BCUT2D eigenvalue weighted by molar-refractivity contribution is -0.139. The zero-order chi connectivity index (χ0) is 15.6. The van der Waals surface area contributed by atoms with Crippen LogP contribution in [0, 0.1) is 6.92 Å². The predicted molar refractivity (Wildman–Crippen MR) is 77.6 cm³/mol. The summed E-state index contributed by atoms with van der Waals surface area (Å²) in [6, 6.07) is 4.13. The third-order valence-corrected chi connectivity index (χ3v) is 4.58. The molecule has 2 aromatic rings. The van der Waals surface area contributed by atoms with Gasteiger partial charge >= 0.3 is 6.18 Å². The molecule has 0 saturated heterocycles. The van der Waals surface area contributed by atoms with Crippen LogP contribution in [0.15, 0.2) is 27.4 Å². The van der Waals surface area contributed by atoms with E-state index in [9.17, 15) is 13.2 Å². The van der Waals surface area contributed by atoms with Crippen LogP contribution in [0.1, 0.15) is 23.1 Å². The molecule has 0 saturated carbocycles. The normalized spacial score (nSPS) is 13.4. The average molecular weight is 333 g/mol. The molecule has 8 heteroatoms. The van der Waals surface area contributed by atoms with E-state index in [2.05, 4.69) is 10.2 Å². The Hall–Kier alpha value is -1.12. The molecule has 0 fully saturated rings. The number of nitrogens with two attached hydrogens (primary N) is 1. The summed E-state index contributed by atoms with van der Waals surface area (Å²) in [5.74, 6) is 0. The molecule has 1 unspecified atom stereocenters. The van der Waals surface area contributed by atoms with Crippen molar-refractivity contribution < 1.29 is 13.2 Å². The Bertz CT molecular complexity index is 623. The third-order valence-electron chi connectivity index (χ3n) is 2.61. The molecule has 2 N–H and O–H groups in total. The number of rotatable bonds is 4. The molecule has 0 bridgehead atoms. The monoisotopic (exact) mass is 333 g/mol. The van der Waals surface area contributed by atoms with Gasteiger partial charge in [0.1, 0.15) is 5.01 Å². The van der Waals surface area contributed by atoms with Crippen LogP contribution >= 0.6 is 23.1 Å². The van der Waals surface area contributed by atoms with Crippen LogP contribution in [0.4, 0.5) is 13.2 Å². The van der Waals surface area contributed by atoms with Crippen molar-refractivity contribution in [2.24, 2.45) is 5.73 Å². The van der Waals surface area contributed by atoms with Crippen molar-refractivity contribution in [1.82, 2.24) is 10.2 Å². The van der Waals surface area contributed by atoms with Crippen molar-refractivity contribution in [2.75, 3.05) is 0 Å². The average Bonchev–Trinajstić information content (AvgIpc) is 2.75. The molecule has 0 amide bonds. The fraction of sp³-hybridized carbons (Fsp3) is 0.385. The Morgan fingerprint density at radius 3 is 2.57 bits per heavy atom. The van der Waals surface area contributed by atoms with Crippen LogP contribution in [-0.2, 0) is 12.6 Å². The number of benzene rings is 1. The first-order valence-corrected chi connectivity index (χ1v) is 7.82. The number of aryl methyl sites for hydroxylation is 1. The Kier molecular flexibility index (Phi) is 4.90. The largest absolute Gasteiger partial charge is 0.417 e. The van der Waals surface area contributed by atoms with Gasteiger partial charge in [-0.25, -0.2) is 0 Å². The predicted octanol–water partition coefficient (Wildman–Crippen LogP) is 3.91. The number of nitrogens with zero attached hydrogens (tertiary/aromatic N) is 2. The summed E-state index contributed by atoms with van der Waals surface area (Å²) in [5, 5.41) is 8.38. The van der Waals surface area contributed by atoms with Gasteiger partial charge in [-0.3, -0.25) is 0 Å². The number of hydrogen-bond donors (Lipinski definition) is 1. The van der Waals surface area contributed by atoms with Crippen molar-refractivity contribution in [2.45, 2.75) is 41.7 Å². The van der Waals surface area contributed by atoms with Crippen LogP contribution in [0.5, 0.6) is 0 Å². The maximum absolute atomic E-state index is 13.2. The van der Waals surface area contributed by atoms with E-state index >= 15 is 0 Å². The fourth-order valence-electron chi connectivity index (χ4n) is 1.80. The zero-order valence-corrected chi connectivity index (χ0v) is 13.1. The van der Waals surface area contributed by atoms with Gasteiger partial charge in [0.15, 0.2) is 4.34 Å². The Morgan fingerprint density at radius 2 is 2.05 bits per heavy atom. The molecular weight excluding hydrogens is 319 g/mol. The summed E-state index contributed by atoms with van der Waals surface area (Å²) < 4.78 is 40.1. The molecular formula is C13H14F3N3S2. The summed E-state index contributed by atoms with van der Waals surface area (Å²) in [4.78, 5) is 0.132. The molecule has 3 nitrogen and oxygen atoms in total. The van der Waals surface area contributed by atoms with Gasteiger partial charge in [-0.2, -0.15) is 13.2 Å². The molecule has 114 valence electrons. The summed E-state index contributed by atoms with van der Waals surface area (Å²) in [7, 11) is 0. The lowest BCUT2D eigenvalue weighted by atomic mass is 10.0.